The van der Waals surface area contributed by atoms with Crippen molar-refractivity contribution in [3.63, 3.8) is 0 Å². The molecule has 0 fully saturated rings. The second-order valence-corrected chi connectivity index (χ2v) is 5.46. The molecular formula is C19H21N3O4. The summed E-state index contributed by atoms with van der Waals surface area (Å²) in [6.07, 6.45) is 1.29. The van der Waals surface area contributed by atoms with Gasteiger partial charge in [0, 0.05) is 12.1 Å². The number of nitrogens with one attached hydrogen (secondary N) is 1. The first-order valence-electron chi connectivity index (χ1n) is 8.05. The van der Waals surface area contributed by atoms with Crippen molar-refractivity contribution in [3.8, 4) is 0 Å². The third-order valence-corrected chi connectivity index (χ3v) is 3.48. The van der Waals surface area contributed by atoms with Gasteiger partial charge in [-0.3, -0.25) is 4.79 Å². The number of rotatable bonds is 8. The molecule has 0 aromatic heterocycles. The van der Waals surface area contributed by atoms with Crippen LogP contribution in [-0.2, 0) is 20.8 Å². The van der Waals surface area contributed by atoms with Crippen LogP contribution in [0.2, 0.25) is 0 Å². The number of esters is 1. The number of amidine groups is 1. The SMILES string of the molecule is COC(=O)c1ccc(NC(=O)CO/N=C(\N)CCc2ccccc2)cc1. The smallest absolute Gasteiger partial charge is 0.337 e. The number of carbonyl (C=O) groups excluding carboxylic acids is 2. The highest BCUT2D eigenvalue weighted by Gasteiger charge is 2.07. The van der Waals surface area contributed by atoms with Gasteiger partial charge in [-0.1, -0.05) is 35.5 Å². The number of amides is 1. The van der Waals surface area contributed by atoms with Gasteiger partial charge in [-0.2, -0.15) is 0 Å². The third kappa shape index (κ3) is 6.27. The van der Waals surface area contributed by atoms with Crippen LogP contribution in [-0.4, -0.2) is 31.4 Å². The average molecular weight is 355 g/mol. The molecule has 1 amide bonds. The Morgan fingerprint density at radius 2 is 1.77 bits per heavy atom. The normalized spacial score (nSPS) is 10.9. The number of carbonyl (C=O) groups is 2. The van der Waals surface area contributed by atoms with E-state index in [1.54, 1.807) is 24.3 Å². The van der Waals surface area contributed by atoms with Crippen LogP contribution < -0.4 is 11.1 Å². The molecule has 0 saturated heterocycles. The van der Waals surface area contributed by atoms with E-state index in [4.69, 9.17) is 10.6 Å². The molecule has 0 atom stereocenters. The zero-order valence-electron chi connectivity index (χ0n) is 14.5. The summed E-state index contributed by atoms with van der Waals surface area (Å²) in [5, 5.41) is 6.37. The zero-order chi connectivity index (χ0) is 18.8. The number of oxime groups is 1. The molecule has 2 aromatic carbocycles. The fourth-order valence-corrected chi connectivity index (χ4v) is 2.14. The summed E-state index contributed by atoms with van der Waals surface area (Å²) in [4.78, 5) is 28.1. The van der Waals surface area contributed by atoms with Crippen LogP contribution in [0.25, 0.3) is 0 Å². The molecule has 3 N–H and O–H groups in total. The van der Waals surface area contributed by atoms with E-state index in [-0.39, 0.29) is 12.5 Å². The number of ether oxygens (including phenoxy) is 1. The van der Waals surface area contributed by atoms with Crippen LogP contribution in [0.15, 0.2) is 59.8 Å². The minimum Gasteiger partial charge on any atom is -0.465 e. The van der Waals surface area contributed by atoms with Crippen LogP contribution in [0.1, 0.15) is 22.3 Å². The number of methoxy groups -OCH3 is 1. The maximum atomic E-state index is 11.8. The summed E-state index contributed by atoms with van der Waals surface area (Å²) >= 11 is 0. The predicted molar refractivity (Wildman–Crippen MR) is 98.7 cm³/mol. The summed E-state index contributed by atoms with van der Waals surface area (Å²) in [6, 6.07) is 16.2. The Hall–Kier alpha value is -3.35. The average Bonchev–Trinajstić information content (AvgIpc) is 2.67. The minimum absolute atomic E-state index is 0.259. The Bertz CT molecular complexity index is 758. The second-order valence-electron chi connectivity index (χ2n) is 5.46. The van der Waals surface area contributed by atoms with E-state index in [0.29, 0.717) is 23.5 Å². The van der Waals surface area contributed by atoms with Crippen molar-refractivity contribution in [1.82, 2.24) is 0 Å². The quantitative estimate of drug-likeness (QED) is 0.327. The molecule has 2 rings (SSSR count). The fraction of sp³-hybridized carbons (Fsp3) is 0.211. The molecule has 0 saturated carbocycles. The van der Waals surface area contributed by atoms with E-state index in [0.717, 1.165) is 12.0 Å². The lowest BCUT2D eigenvalue weighted by atomic mass is 10.1. The van der Waals surface area contributed by atoms with E-state index < -0.39 is 5.97 Å². The van der Waals surface area contributed by atoms with Gasteiger partial charge in [0.2, 0.25) is 0 Å². The van der Waals surface area contributed by atoms with Gasteiger partial charge >= 0.3 is 5.97 Å². The van der Waals surface area contributed by atoms with Crippen LogP contribution in [0, 0.1) is 0 Å². The first-order valence-corrected chi connectivity index (χ1v) is 8.05. The summed E-state index contributed by atoms with van der Waals surface area (Å²) in [5.74, 6) is -0.494. The molecule has 0 unspecified atom stereocenters. The summed E-state index contributed by atoms with van der Waals surface area (Å²) in [5.41, 5.74) is 7.85. The van der Waals surface area contributed by atoms with Gasteiger partial charge in [0.15, 0.2) is 6.61 Å². The molecule has 0 radical (unpaired) electrons. The number of nitrogens with two attached hydrogens (primary N) is 1. The highest BCUT2D eigenvalue weighted by molar-refractivity contribution is 5.93. The van der Waals surface area contributed by atoms with E-state index in [1.807, 2.05) is 30.3 Å². The molecule has 0 aliphatic rings. The molecule has 0 aliphatic heterocycles. The standard InChI is InChI=1S/C19H21N3O4/c1-25-19(24)15-8-10-16(11-9-15)21-18(23)13-26-22-17(20)12-7-14-5-3-2-4-6-14/h2-6,8-11H,7,12-13H2,1H3,(H2,20,22)(H,21,23). The summed E-state index contributed by atoms with van der Waals surface area (Å²) in [7, 11) is 1.31. The number of aryl methyl sites for hydroxylation is 1. The van der Waals surface area contributed by atoms with Crippen molar-refractivity contribution >= 4 is 23.4 Å². The van der Waals surface area contributed by atoms with Gasteiger partial charge in [-0.05, 0) is 36.2 Å². The van der Waals surface area contributed by atoms with Gasteiger partial charge in [0.25, 0.3) is 5.91 Å². The highest BCUT2D eigenvalue weighted by atomic mass is 16.6. The fourth-order valence-electron chi connectivity index (χ4n) is 2.14. The molecule has 0 spiro atoms. The van der Waals surface area contributed by atoms with E-state index in [9.17, 15) is 9.59 Å². The Morgan fingerprint density at radius 3 is 2.42 bits per heavy atom. The maximum absolute atomic E-state index is 11.8. The molecular weight excluding hydrogens is 334 g/mol. The molecule has 7 nitrogen and oxygen atoms in total. The van der Waals surface area contributed by atoms with E-state index in [2.05, 4.69) is 15.2 Å². The van der Waals surface area contributed by atoms with Crippen molar-refractivity contribution in [2.24, 2.45) is 10.9 Å². The van der Waals surface area contributed by atoms with Gasteiger partial charge in [-0.25, -0.2) is 4.79 Å². The molecule has 0 bridgehead atoms. The monoisotopic (exact) mass is 355 g/mol. The summed E-state index contributed by atoms with van der Waals surface area (Å²) < 4.78 is 4.61. The Labute approximate surface area is 151 Å². The lowest BCUT2D eigenvalue weighted by Crippen LogP contribution is -2.19. The van der Waals surface area contributed by atoms with Crippen LogP contribution in [0.5, 0.6) is 0 Å². The molecule has 0 aliphatic carbocycles. The third-order valence-electron chi connectivity index (χ3n) is 3.48. The van der Waals surface area contributed by atoms with Gasteiger partial charge in [0.1, 0.15) is 5.84 Å². The van der Waals surface area contributed by atoms with Crippen molar-refractivity contribution in [1.29, 1.82) is 0 Å². The molecule has 2 aromatic rings. The Kier molecular flexibility index (Phi) is 7.17. The van der Waals surface area contributed by atoms with Crippen molar-refractivity contribution in [2.75, 3.05) is 19.0 Å². The number of anilines is 1. The van der Waals surface area contributed by atoms with Crippen molar-refractivity contribution in [3.05, 3.63) is 65.7 Å². The van der Waals surface area contributed by atoms with E-state index >= 15 is 0 Å². The topological polar surface area (TPSA) is 103 Å². The number of nitrogens with zero attached hydrogens (tertiary/aromatic N) is 1. The lowest BCUT2D eigenvalue weighted by Gasteiger charge is -2.06. The molecule has 0 heterocycles. The van der Waals surface area contributed by atoms with Gasteiger partial charge < -0.3 is 20.6 Å². The highest BCUT2D eigenvalue weighted by Crippen LogP contribution is 2.10. The maximum Gasteiger partial charge on any atom is 0.337 e. The van der Waals surface area contributed by atoms with Gasteiger partial charge in [-0.15, -0.1) is 0 Å². The van der Waals surface area contributed by atoms with E-state index in [1.165, 1.54) is 7.11 Å². The summed E-state index contributed by atoms with van der Waals surface area (Å²) in [6.45, 7) is -0.259. The van der Waals surface area contributed by atoms with Crippen LogP contribution in [0.3, 0.4) is 0 Å². The van der Waals surface area contributed by atoms with Crippen molar-refractivity contribution in [2.45, 2.75) is 12.8 Å². The Balaban J connectivity index is 1.73. The number of hydrogen-bond donors (Lipinski definition) is 2. The molecule has 7 heteroatoms. The predicted octanol–water partition coefficient (Wildman–Crippen LogP) is 2.33. The van der Waals surface area contributed by atoms with Gasteiger partial charge in [0.05, 0.1) is 12.7 Å². The lowest BCUT2D eigenvalue weighted by molar-refractivity contribution is -0.120. The zero-order valence-corrected chi connectivity index (χ0v) is 14.5. The first-order chi connectivity index (χ1) is 12.6. The second kappa shape index (κ2) is 9.83. The van der Waals surface area contributed by atoms with Crippen LogP contribution >= 0.6 is 0 Å². The largest absolute Gasteiger partial charge is 0.465 e. The first kappa shape index (κ1) is 19.0. The van der Waals surface area contributed by atoms with Crippen molar-refractivity contribution < 1.29 is 19.2 Å². The number of hydrogen-bond acceptors (Lipinski definition) is 5. The molecule has 136 valence electrons. The van der Waals surface area contributed by atoms with Crippen LogP contribution in [0.4, 0.5) is 5.69 Å². The Morgan fingerprint density at radius 1 is 1.08 bits per heavy atom. The molecule has 26 heavy (non-hydrogen) atoms. The minimum atomic E-state index is -0.438. The number of benzene rings is 2.